The van der Waals surface area contributed by atoms with E-state index in [-0.39, 0.29) is 25.1 Å². The summed E-state index contributed by atoms with van der Waals surface area (Å²) in [5, 5.41) is 3.45. The molecule has 0 spiro atoms. The Morgan fingerprint density at radius 3 is 2.51 bits per heavy atom. The summed E-state index contributed by atoms with van der Waals surface area (Å²) in [6.07, 6.45) is 0.737. The monoisotopic (exact) mass is 492 g/mol. The standard InChI is InChI=1S/C28H32N2O4S/c1-4-33-28(32)26-23-14-15-30(16-20-8-6-5-7-9-20)17-24(23)35-27(26)29-25(31)18-34-22-12-10-21(11-13-22)19(2)3/h5-13,19H,4,14-18H2,1-3H3,(H,29,31). The van der Waals surface area contributed by atoms with Gasteiger partial charge in [0.25, 0.3) is 5.91 Å². The molecular weight excluding hydrogens is 460 g/mol. The number of hydrogen-bond donors (Lipinski definition) is 1. The molecule has 1 amide bonds. The third kappa shape index (κ3) is 6.29. The lowest BCUT2D eigenvalue weighted by atomic mass is 10.0. The fraction of sp³-hybridized carbons (Fsp3) is 0.357. The number of carbonyl (C=O) groups is 2. The van der Waals surface area contributed by atoms with Gasteiger partial charge in [-0.05, 0) is 48.1 Å². The lowest BCUT2D eigenvalue weighted by molar-refractivity contribution is -0.118. The number of anilines is 1. The summed E-state index contributed by atoms with van der Waals surface area (Å²) >= 11 is 1.46. The van der Waals surface area contributed by atoms with Gasteiger partial charge >= 0.3 is 5.97 Å². The molecule has 0 fully saturated rings. The molecule has 1 aliphatic rings. The fourth-order valence-corrected chi connectivity index (χ4v) is 5.50. The summed E-state index contributed by atoms with van der Waals surface area (Å²) in [4.78, 5) is 29.0. The van der Waals surface area contributed by atoms with Crippen molar-refractivity contribution in [3.63, 3.8) is 0 Å². The predicted octanol–water partition coefficient (Wildman–Crippen LogP) is 5.62. The molecule has 184 valence electrons. The van der Waals surface area contributed by atoms with Crippen LogP contribution < -0.4 is 10.1 Å². The second-order valence-electron chi connectivity index (χ2n) is 8.94. The van der Waals surface area contributed by atoms with Crippen LogP contribution in [0.15, 0.2) is 54.6 Å². The van der Waals surface area contributed by atoms with E-state index in [1.54, 1.807) is 6.92 Å². The zero-order valence-corrected chi connectivity index (χ0v) is 21.3. The van der Waals surface area contributed by atoms with Crippen molar-refractivity contribution in [1.29, 1.82) is 0 Å². The van der Waals surface area contributed by atoms with Crippen LogP contribution in [0.25, 0.3) is 0 Å². The quantitative estimate of drug-likeness (QED) is 0.393. The minimum Gasteiger partial charge on any atom is -0.484 e. The van der Waals surface area contributed by atoms with E-state index in [1.807, 2.05) is 42.5 Å². The number of esters is 1. The van der Waals surface area contributed by atoms with Crippen LogP contribution in [0.4, 0.5) is 5.00 Å². The number of nitrogens with one attached hydrogen (secondary N) is 1. The van der Waals surface area contributed by atoms with Gasteiger partial charge in [0.1, 0.15) is 10.8 Å². The van der Waals surface area contributed by atoms with Gasteiger partial charge in [-0.3, -0.25) is 9.69 Å². The zero-order chi connectivity index (χ0) is 24.8. The van der Waals surface area contributed by atoms with Crippen molar-refractivity contribution >= 4 is 28.2 Å². The molecule has 0 atom stereocenters. The highest BCUT2D eigenvalue weighted by atomic mass is 32.1. The lowest BCUT2D eigenvalue weighted by Crippen LogP contribution is -2.30. The SMILES string of the molecule is CCOC(=O)c1c(NC(=O)COc2ccc(C(C)C)cc2)sc2c1CCN(Cc1ccccc1)C2. The molecule has 0 saturated heterocycles. The van der Waals surface area contributed by atoms with Gasteiger partial charge in [-0.15, -0.1) is 11.3 Å². The van der Waals surface area contributed by atoms with Gasteiger partial charge in [0.2, 0.25) is 0 Å². The minimum atomic E-state index is -0.387. The summed E-state index contributed by atoms with van der Waals surface area (Å²) in [6, 6.07) is 18.1. The number of ether oxygens (including phenoxy) is 2. The van der Waals surface area contributed by atoms with Crippen molar-refractivity contribution in [3.05, 3.63) is 81.7 Å². The first-order valence-electron chi connectivity index (χ1n) is 12.0. The molecule has 0 aliphatic carbocycles. The van der Waals surface area contributed by atoms with Gasteiger partial charge in [-0.2, -0.15) is 0 Å². The van der Waals surface area contributed by atoms with Crippen molar-refractivity contribution in [3.8, 4) is 5.75 Å². The van der Waals surface area contributed by atoms with Crippen LogP contribution in [0, 0.1) is 0 Å². The summed E-state index contributed by atoms with van der Waals surface area (Å²) in [5.41, 5.74) is 3.94. The van der Waals surface area contributed by atoms with Crippen LogP contribution in [-0.2, 0) is 29.0 Å². The predicted molar refractivity (Wildman–Crippen MR) is 139 cm³/mol. The van der Waals surface area contributed by atoms with Crippen LogP contribution >= 0.6 is 11.3 Å². The van der Waals surface area contributed by atoms with E-state index in [1.165, 1.54) is 22.5 Å². The molecule has 6 nitrogen and oxygen atoms in total. The normalized spacial score (nSPS) is 13.4. The Hall–Kier alpha value is -3.16. The number of hydrogen-bond acceptors (Lipinski definition) is 6. The van der Waals surface area contributed by atoms with Gasteiger partial charge in [-0.25, -0.2) is 4.79 Å². The highest BCUT2D eigenvalue weighted by Gasteiger charge is 2.29. The molecular formula is C28H32N2O4S. The number of carbonyl (C=O) groups excluding carboxylic acids is 2. The molecule has 0 radical (unpaired) electrons. The number of fused-ring (bicyclic) bond motifs is 1. The maximum atomic E-state index is 12.8. The van der Waals surface area contributed by atoms with E-state index in [2.05, 4.69) is 36.2 Å². The van der Waals surface area contributed by atoms with E-state index in [9.17, 15) is 9.59 Å². The molecule has 3 aromatic rings. The number of thiophene rings is 1. The van der Waals surface area contributed by atoms with E-state index in [4.69, 9.17) is 9.47 Å². The Bertz CT molecular complexity index is 1160. The molecule has 4 rings (SSSR count). The third-order valence-corrected chi connectivity index (χ3v) is 7.17. The van der Waals surface area contributed by atoms with Crippen molar-refractivity contribution in [2.24, 2.45) is 0 Å². The van der Waals surface area contributed by atoms with E-state index >= 15 is 0 Å². The first-order valence-corrected chi connectivity index (χ1v) is 12.9. The number of amides is 1. The van der Waals surface area contributed by atoms with Crippen molar-refractivity contribution in [2.75, 3.05) is 25.1 Å². The Morgan fingerprint density at radius 1 is 1.09 bits per heavy atom. The van der Waals surface area contributed by atoms with Gasteiger partial charge in [-0.1, -0.05) is 56.3 Å². The van der Waals surface area contributed by atoms with E-state index in [0.717, 1.165) is 36.5 Å². The fourth-order valence-electron chi connectivity index (χ4n) is 4.20. The first-order chi connectivity index (χ1) is 16.9. The van der Waals surface area contributed by atoms with Gasteiger partial charge < -0.3 is 14.8 Å². The van der Waals surface area contributed by atoms with Crippen LogP contribution in [0.2, 0.25) is 0 Å². The molecule has 1 aromatic heterocycles. The maximum Gasteiger partial charge on any atom is 0.341 e. The summed E-state index contributed by atoms with van der Waals surface area (Å²) in [7, 11) is 0. The summed E-state index contributed by atoms with van der Waals surface area (Å²) in [6.45, 7) is 8.62. The molecule has 1 N–H and O–H groups in total. The molecule has 35 heavy (non-hydrogen) atoms. The molecule has 0 unspecified atom stereocenters. The topological polar surface area (TPSA) is 67.9 Å². The van der Waals surface area contributed by atoms with Crippen molar-refractivity contribution < 1.29 is 19.1 Å². The second-order valence-corrected chi connectivity index (χ2v) is 10.0. The Labute approximate surface area is 210 Å². The van der Waals surface area contributed by atoms with E-state index < -0.39 is 0 Å². The Morgan fingerprint density at radius 2 is 1.83 bits per heavy atom. The number of rotatable bonds is 9. The molecule has 2 heterocycles. The minimum absolute atomic E-state index is 0.133. The van der Waals surface area contributed by atoms with Gasteiger partial charge in [0.05, 0.1) is 12.2 Å². The van der Waals surface area contributed by atoms with Crippen molar-refractivity contribution in [1.82, 2.24) is 4.90 Å². The Balaban J connectivity index is 1.45. The van der Waals surface area contributed by atoms with Crippen LogP contribution in [0.3, 0.4) is 0 Å². The number of nitrogens with zero attached hydrogens (tertiary/aromatic N) is 1. The lowest BCUT2D eigenvalue weighted by Gasteiger charge is -2.27. The highest BCUT2D eigenvalue weighted by molar-refractivity contribution is 7.17. The Kier molecular flexibility index (Phi) is 8.21. The summed E-state index contributed by atoms with van der Waals surface area (Å²) in [5.74, 6) is 0.379. The van der Waals surface area contributed by atoms with Gasteiger partial charge in [0, 0.05) is 24.5 Å². The molecule has 2 aromatic carbocycles. The molecule has 1 aliphatic heterocycles. The third-order valence-electron chi connectivity index (χ3n) is 6.03. The largest absolute Gasteiger partial charge is 0.484 e. The number of benzene rings is 2. The maximum absolute atomic E-state index is 12.8. The van der Waals surface area contributed by atoms with Crippen LogP contribution in [-0.4, -0.2) is 36.5 Å². The van der Waals surface area contributed by atoms with Crippen LogP contribution in [0.5, 0.6) is 5.75 Å². The average Bonchev–Trinajstić information content (AvgIpc) is 3.20. The first kappa shape index (κ1) is 24.9. The highest BCUT2D eigenvalue weighted by Crippen LogP contribution is 2.38. The molecule has 0 saturated carbocycles. The van der Waals surface area contributed by atoms with Crippen molar-refractivity contribution in [2.45, 2.75) is 46.2 Å². The molecule has 7 heteroatoms. The van der Waals surface area contributed by atoms with E-state index in [0.29, 0.717) is 22.2 Å². The van der Waals surface area contributed by atoms with Gasteiger partial charge in [0.15, 0.2) is 6.61 Å². The van der Waals surface area contributed by atoms with Crippen LogP contribution in [0.1, 0.15) is 58.6 Å². The molecule has 0 bridgehead atoms. The average molecular weight is 493 g/mol. The summed E-state index contributed by atoms with van der Waals surface area (Å²) < 4.78 is 11.0. The smallest absolute Gasteiger partial charge is 0.341 e. The zero-order valence-electron chi connectivity index (χ0n) is 20.5. The second kappa shape index (κ2) is 11.5.